The SMILES string of the molecule is CCCCCCCCC(=O)N/N=C(/C)c1ccc(NC(=O)C(F)(F)F)cc1. The smallest absolute Gasteiger partial charge is 0.318 e. The van der Waals surface area contributed by atoms with E-state index in [-0.39, 0.29) is 11.6 Å². The van der Waals surface area contributed by atoms with Crippen molar-refractivity contribution in [1.29, 1.82) is 0 Å². The van der Waals surface area contributed by atoms with Crippen LogP contribution in [0.1, 0.15) is 64.4 Å². The number of amides is 2. The van der Waals surface area contributed by atoms with Crippen molar-refractivity contribution in [1.82, 2.24) is 5.43 Å². The third kappa shape index (κ3) is 9.21. The lowest BCUT2D eigenvalue weighted by Crippen LogP contribution is -2.29. The maximum absolute atomic E-state index is 12.2. The minimum atomic E-state index is -4.93. The molecule has 0 unspecified atom stereocenters. The number of unbranched alkanes of at least 4 members (excludes halogenated alkanes) is 5. The molecule has 0 radical (unpaired) electrons. The number of nitrogens with zero attached hydrogens (tertiary/aromatic N) is 1. The summed E-state index contributed by atoms with van der Waals surface area (Å²) in [5.41, 5.74) is 3.65. The van der Waals surface area contributed by atoms with Crippen molar-refractivity contribution < 1.29 is 22.8 Å². The van der Waals surface area contributed by atoms with E-state index in [1.54, 1.807) is 12.2 Å². The van der Waals surface area contributed by atoms with Gasteiger partial charge in [0, 0.05) is 12.1 Å². The zero-order chi connectivity index (χ0) is 20.3. The number of halogens is 3. The topological polar surface area (TPSA) is 70.6 Å². The van der Waals surface area contributed by atoms with Crippen LogP contribution in [0.15, 0.2) is 29.4 Å². The first-order valence-corrected chi connectivity index (χ1v) is 9.05. The van der Waals surface area contributed by atoms with Crippen molar-refractivity contribution >= 4 is 23.2 Å². The molecule has 0 saturated heterocycles. The molecule has 0 spiro atoms. The van der Waals surface area contributed by atoms with E-state index in [2.05, 4.69) is 17.5 Å². The summed E-state index contributed by atoms with van der Waals surface area (Å²) in [5, 5.41) is 5.77. The highest BCUT2D eigenvalue weighted by Crippen LogP contribution is 2.18. The maximum atomic E-state index is 12.2. The van der Waals surface area contributed by atoms with E-state index < -0.39 is 12.1 Å². The quantitative estimate of drug-likeness (QED) is 0.346. The summed E-state index contributed by atoms with van der Waals surface area (Å²) >= 11 is 0. The lowest BCUT2D eigenvalue weighted by molar-refractivity contribution is -0.167. The molecular formula is C19H26F3N3O2. The first kappa shape index (κ1) is 22.7. The number of nitrogens with one attached hydrogen (secondary N) is 2. The van der Waals surface area contributed by atoms with Gasteiger partial charge < -0.3 is 5.32 Å². The highest BCUT2D eigenvalue weighted by molar-refractivity contribution is 6.00. The third-order valence-electron chi connectivity index (χ3n) is 3.92. The normalized spacial score (nSPS) is 12.0. The maximum Gasteiger partial charge on any atom is 0.471 e. The lowest BCUT2D eigenvalue weighted by atomic mass is 10.1. The fraction of sp³-hybridized carbons (Fsp3) is 0.526. The van der Waals surface area contributed by atoms with Crippen LogP contribution in [0.3, 0.4) is 0 Å². The van der Waals surface area contributed by atoms with Crippen LogP contribution in [0.4, 0.5) is 18.9 Å². The monoisotopic (exact) mass is 385 g/mol. The Balaban J connectivity index is 2.43. The molecule has 0 heterocycles. The Bertz CT molecular complexity index is 641. The first-order chi connectivity index (χ1) is 12.7. The summed E-state index contributed by atoms with van der Waals surface area (Å²) in [4.78, 5) is 22.6. The second-order valence-corrected chi connectivity index (χ2v) is 6.28. The number of rotatable bonds is 10. The van der Waals surface area contributed by atoms with Crippen molar-refractivity contribution in [3.63, 3.8) is 0 Å². The molecule has 0 aliphatic rings. The van der Waals surface area contributed by atoms with E-state index in [9.17, 15) is 22.8 Å². The number of hydrogen-bond acceptors (Lipinski definition) is 3. The van der Waals surface area contributed by atoms with Crippen molar-refractivity contribution in [2.24, 2.45) is 5.10 Å². The van der Waals surface area contributed by atoms with Crippen molar-refractivity contribution in [2.75, 3.05) is 5.32 Å². The van der Waals surface area contributed by atoms with E-state index in [4.69, 9.17) is 0 Å². The Morgan fingerprint density at radius 1 is 1.00 bits per heavy atom. The Hall–Kier alpha value is -2.38. The molecule has 0 aliphatic heterocycles. The van der Waals surface area contributed by atoms with Crippen LogP contribution >= 0.6 is 0 Å². The van der Waals surface area contributed by atoms with Crippen LogP contribution in [-0.4, -0.2) is 23.7 Å². The molecule has 0 aliphatic carbocycles. The summed E-state index contributed by atoms with van der Waals surface area (Å²) in [5.74, 6) is -2.19. The molecular weight excluding hydrogens is 359 g/mol. The minimum absolute atomic E-state index is 0.0287. The second kappa shape index (κ2) is 11.4. The van der Waals surface area contributed by atoms with E-state index in [0.29, 0.717) is 17.7 Å². The van der Waals surface area contributed by atoms with Crippen molar-refractivity contribution in [2.45, 2.75) is 65.0 Å². The van der Waals surface area contributed by atoms with Gasteiger partial charge in [-0.15, -0.1) is 0 Å². The summed E-state index contributed by atoms with van der Waals surface area (Å²) in [6.45, 7) is 3.83. The zero-order valence-electron chi connectivity index (χ0n) is 15.7. The van der Waals surface area contributed by atoms with Gasteiger partial charge >= 0.3 is 12.1 Å². The average Bonchev–Trinajstić information content (AvgIpc) is 2.62. The molecule has 0 atom stereocenters. The van der Waals surface area contributed by atoms with Crippen LogP contribution in [0, 0.1) is 0 Å². The van der Waals surface area contributed by atoms with Gasteiger partial charge in [0.15, 0.2) is 0 Å². The average molecular weight is 385 g/mol. The second-order valence-electron chi connectivity index (χ2n) is 6.28. The van der Waals surface area contributed by atoms with Crippen molar-refractivity contribution in [3.8, 4) is 0 Å². The fourth-order valence-corrected chi connectivity index (χ4v) is 2.33. The predicted octanol–water partition coefficient (Wildman–Crippen LogP) is 4.78. The van der Waals surface area contributed by atoms with Crippen LogP contribution in [0.5, 0.6) is 0 Å². The largest absolute Gasteiger partial charge is 0.471 e. The highest BCUT2D eigenvalue weighted by Gasteiger charge is 2.38. The standard InChI is InChI=1S/C19H26F3N3O2/c1-3-4-5-6-7-8-9-17(26)25-24-14(2)15-10-12-16(13-11-15)23-18(27)19(20,21)22/h10-13H,3-9H2,1-2H3,(H,23,27)(H,25,26)/b24-14-. The summed E-state index contributed by atoms with van der Waals surface area (Å²) in [7, 11) is 0. The number of hydrazone groups is 1. The first-order valence-electron chi connectivity index (χ1n) is 9.05. The van der Waals surface area contributed by atoms with Gasteiger partial charge in [-0.25, -0.2) is 5.43 Å². The minimum Gasteiger partial charge on any atom is -0.318 e. The number of alkyl halides is 3. The molecule has 1 aromatic rings. The number of anilines is 1. The zero-order valence-corrected chi connectivity index (χ0v) is 15.7. The number of hydrogen-bond donors (Lipinski definition) is 2. The third-order valence-corrected chi connectivity index (χ3v) is 3.92. The fourth-order valence-electron chi connectivity index (χ4n) is 2.33. The summed E-state index contributed by atoms with van der Waals surface area (Å²) < 4.78 is 36.6. The van der Waals surface area contributed by atoms with Gasteiger partial charge in [-0.1, -0.05) is 51.2 Å². The summed E-state index contributed by atoms with van der Waals surface area (Å²) in [6, 6.07) is 5.72. The molecule has 0 fully saturated rings. The predicted molar refractivity (Wildman–Crippen MR) is 99.5 cm³/mol. The number of benzene rings is 1. The molecule has 2 N–H and O–H groups in total. The Morgan fingerprint density at radius 3 is 2.19 bits per heavy atom. The van der Waals surface area contributed by atoms with Gasteiger partial charge in [0.1, 0.15) is 0 Å². The molecule has 1 rings (SSSR count). The molecule has 0 bridgehead atoms. The van der Waals surface area contributed by atoms with Crippen LogP contribution in [-0.2, 0) is 9.59 Å². The van der Waals surface area contributed by atoms with E-state index in [1.807, 2.05) is 0 Å². The van der Waals surface area contributed by atoms with Crippen molar-refractivity contribution in [3.05, 3.63) is 29.8 Å². The van der Waals surface area contributed by atoms with Gasteiger partial charge in [0.05, 0.1) is 5.71 Å². The van der Waals surface area contributed by atoms with Crippen LogP contribution < -0.4 is 10.7 Å². The Labute approximate surface area is 157 Å². The highest BCUT2D eigenvalue weighted by atomic mass is 19.4. The molecule has 150 valence electrons. The molecule has 0 saturated carbocycles. The summed E-state index contributed by atoms with van der Waals surface area (Å²) in [6.07, 6.45) is 2.02. The Morgan fingerprint density at radius 2 is 1.59 bits per heavy atom. The molecule has 0 aromatic heterocycles. The van der Waals surface area contributed by atoms with E-state index in [0.717, 1.165) is 19.3 Å². The molecule has 8 heteroatoms. The van der Waals surface area contributed by atoms with E-state index in [1.165, 1.54) is 43.5 Å². The molecule has 5 nitrogen and oxygen atoms in total. The van der Waals surface area contributed by atoms with E-state index >= 15 is 0 Å². The molecule has 2 amide bonds. The molecule has 1 aromatic carbocycles. The molecule has 27 heavy (non-hydrogen) atoms. The van der Waals surface area contributed by atoms with Gasteiger partial charge in [0.2, 0.25) is 5.91 Å². The Kier molecular flexibility index (Phi) is 9.53. The van der Waals surface area contributed by atoms with Gasteiger partial charge in [-0.05, 0) is 31.0 Å². The van der Waals surface area contributed by atoms with Gasteiger partial charge in [-0.3, -0.25) is 9.59 Å². The number of carbonyl (C=O) groups is 2. The van der Waals surface area contributed by atoms with Gasteiger partial charge in [0.25, 0.3) is 0 Å². The van der Waals surface area contributed by atoms with Gasteiger partial charge in [-0.2, -0.15) is 18.3 Å². The number of carbonyl (C=O) groups excluding carboxylic acids is 2. The lowest BCUT2D eigenvalue weighted by Gasteiger charge is -2.08. The van der Waals surface area contributed by atoms with Crippen LogP contribution in [0.2, 0.25) is 0 Å². The van der Waals surface area contributed by atoms with Crippen LogP contribution in [0.25, 0.3) is 0 Å².